The standard InChI is InChI=1S/C20H17N3O4/c1-14-8-9-15(12-22-14)27-11-5-4-10-21-18(24)13-23-19(25)16-6-2-3-7-17(16)20(23)26/h2-3,6-9,12H,10-11,13H2,1H3,(H,21,24). The molecule has 27 heavy (non-hydrogen) atoms. The predicted molar refractivity (Wildman–Crippen MR) is 97.1 cm³/mol. The van der Waals surface area contributed by atoms with Crippen molar-refractivity contribution in [1.82, 2.24) is 15.2 Å². The van der Waals surface area contributed by atoms with Gasteiger partial charge in [-0.25, -0.2) is 0 Å². The second-order valence-electron chi connectivity index (χ2n) is 5.80. The van der Waals surface area contributed by atoms with Gasteiger partial charge in [-0.2, -0.15) is 0 Å². The van der Waals surface area contributed by atoms with E-state index in [-0.39, 0.29) is 19.7 Å². The first-order valence-electron chi connectivity index (χ1n) is 8.29. The van der Waals surface area contributed by atoms with Crippen LogP contribution in [0, 0.1) is 18.8 Å². The van der Waals surface area contributed by atoms with Gasteiger partial charge in [0.1, 0.15) is 18.9 Å². The first-order valence-corrected chi connectivity index (χ1v) is 8.29. The van der Waals surface area contributed by atoms with Gasteiger partial charge in [0, 0.05) is 5.69 Å². The molecule has 1 aromatic carbocycles. The minimum atomic E-state index is -0.461. The molecule has 0 saturated heterocycles. The van der Waals surface area contributed by atoms with Crippen molar-refractivity contribution in [2.75, 3.05) is 19.7 Å². The zero-order valence-corrected chi connectivity index (χ0v) is 14.7. The smallest absolute Gasteiger partial charge is 0.262 e. The maximum atomic E-state index is 12.2. The highest BCUT2D eigenvalue weighted by molar-refractivity contribution is 6.22. The normalized spacial score (nSPS) is 12.3. The molecule has 7 nitrogen and oxygen atoms in total. The Labute approximate surface area is 156 Å². The van der Waals surface area contributed by atoms with Crippen molar-refractivity contribution in [3.05, 3.63) is 59.4 Å². The number of ether oxygens (including phenoxy) is 1. The van der Waals surface area contributed by atoms with Gasteiger partial charge in [0.25, 0.3) is 11.8 Å². The van der Waals surface area contributed by atoms with Crippen LogP contribution in [0.4, 0.5) is 0 Å². The van der Waals surface area contributed by atoms with Crippen LogP contribution in [0.2, 0.25) is 0 Å². The highest BCUT2D eigenvalue weighted by Crippen LogP contribution is 2.21. The van der Waals surface area contributed by atoms with E-state index in [1.807, 2.05) is 13.0 Å². The number of aryl methyl sites for hydroxylation is 1. The Hall–Kier alpha value is -3.66. The van der Waals surface area contributed by atoms with Crippen LogP contribution in [-0.4, -0.2) is 47.3 Å². The minimum absolute atomic E-state index is 0.0948. The van der Waals surface area contributed by atoms with Gasteiger partial charge in [-0.1, -0.05) is 24.0 Å². The molecule has 3 amide bonds. The van der Waals surface area contributed by atoms with Gasteiger partial charge < -0.3 is 10.1 Å². The van der Waals surface area contributed by atoms with Crippen LogP contribution < -0.4 is 10.1 Å². The average molecular weight is 363 g/mol. The summed E-state index contributed by atoms with van der Waals surface area (Å²) in [6, 6.07) is 10.1. The van der Waals surface area contributed by atoms with Gasteiger partial charge in [-0.05, 0) is 31.2 Å². The quantitative estimate of drug-likeness (QED) is 0.637. The third kappa shape index (κ3) is 4.30. The number of rotatable bonds is 5. The molecule has 0 radical (unpaired) electrons. The van der Waals surface area contributed by atoms with Crippen LogP contribution in [0.25, 0.3) is 0 Å². The van der Waals surface area contributed by atoms with Gasteiger partial charge >= 0.3 is 0 Å². The number of imide groups is 1. The van der Waals surface area contributed by atoms with E-state index in [0.29, 0.717) is 16.9 Å². The van der Waals surface area contributed by atoms with E-state index in [1.54, 1.807) is 36.5 Å². The molecule has 2 aromatic rings. The van der Waals surface area contributed by atoms with E-state index >= 15 is 0 Å². The second-order valence-corrected chi connectivity index (χ2v) is 5.80. The highest BCUT2D eigenvalue weighted by atomic mass is 16.5. The summed E-state index contributed by atoms with van der Waals surface area (Å²) in [6.07, 6.45) is 1.61. The topological polar surface area (TPSA) is 88.6 Å². The monoisotopic (exact) mass is 363 g/mol. The molecule has 1 aliphatic heterocycles. The fourth-order valence-corrected chi connectivity index (χ4v) is 2.50. The molecule has 1 aromatic heterocycles. The zero-order valence-electron chi connectivity index (χ0n) is 14.7. The number of carbonyl (C=O) groups is 3. The SMILES string of the molecule is Cc1ccc(OCC#CCNC(=O)CN2C(=O)c3ccccc3C2=O)cn1. The lowest BCUT2D eigenvalue weighted by molar-refractivity contribution is -0.121. The Morgan fingerprint density at radius 3 is 2.44 bits per heavy atom. The van der Waals surface area contributed by atoms with Crippen molar-refractivity contribution in [1.29, 1.82) is 0 Å². The van der Waals surface area contributed by atoms with Crippen LogP contribution in [0.15, 0.2) is 42.6 Å². The number of nitrogens with one attached hydrogen (secondary N) is 1. The summed E-state index contributed by atoms with van der Waals surface area (Å²) in [4.78, 5) is 41.4. The molecule has 1 N–H and O–H groups in total. The van der Waals surface area contributed by atoms with Gasteiger partial charge in [-0.15, -0.1) is 0 Å². The van der Waals surface area contributed by atoms with Crippen LogP contribution in [0.3, 0.4) is 0 Å². The molecular formula is C20H17N3O4. The first-order chi connectivity index (χ1) is 13.1. The molecule has 0 bridgehead atoms. The lowest BCUT2D eigenvalue weighted by atomic mass is 10.1. The lowest BCUT2D eigenvalue weighted by Gasteiger charge is -2.12. The maximum absolute atomic E-state index is 12.2. The molecule has 0 fully saturated rings. The van der Waals surface area contributed by atoms with Gasteiger partial charge in [0.05, 0.1) is 23.9 Å². The molecule has 136 valence electrons. The van der Waals surface area contributed by atoms with E-state index in [2.05, 4.69) is 22.1 Å². The summed E-state index contributed by atoms with van der Waals surface area (Å²) in [5, 5.41) is 2.56. The predicted octanol–water partition coefficient (Wildman–Crippen LogP) is 1.18. The molecule has 0 atom stereocenters. The first kappa shape index (κ1) is 18.1. The van der Waals surface area contributed by atoms with Gasteiger partial charge in [0.2, 0.25) is 5.91 Å². The Morgan fingerprint density at radius 2 is 1.81 bits per heavy atom. The fraction of sp³-hybridized carbons (Fsp3) is 0.200. The number of fused-ring (bicyclic) bond motifs is 1. The van der Waals surface area contributed by atoms with E-state index in [4.69, 9.17) is 4.74 Å². The number of hydrogen-bond acceptors (Lipinski definition) is 5. The van der Waals surface area contributed by atoms with Crippen LogP contribution in [0.1, 0.15) is 26.4 Å². The number of hydrogen-bond donors (Lipinski definition) is 1. The van der Waals surface area contributed by atoms with Gasteiger partial charge in [0.15, 0.2) is 0 Å². The van der Waals surface area contributed by atoms with Crippen molar-refractivity contribution in [2.45, 2.75) is 6.92 Å². The van der Waals surface area contributed by atoms with Gasteiger partial charge in [-0.3, -0.25) is 24.3 Å². The largest absolute Gasteiger partial charge is 0.479 e. The Morgan fingerprint density at radius 1 is 1.11 bits per heavy atom. The molecule has 0 spiro atoms. The zero-order chi connectivity index (χ0) is 19.2. The maximum Gasteiger partial charge on any atom is 0.262 e. The number of amides is 3. The number of aromatic nitrogens is 1. The molecule has 2 heterocycles. The van der Waals surface area contributed by atoms with Crippen molar-refractivity contribution in [3.8, 4) is 17.6 Å². The lowest BCUT2D eigenvalue weighted by Crippen LogP contribution is -2.40. The summed E-state index contributed by atoms with van der Waals surface area (Å²) in [5.74, 6) is 4.75. The Kier molecular flexibility index (Phi) is 5.47. The van der Waals surface area contributed by atoms with Crippen molar-refractivity contribution < 1.29 is 19.1 Å². The molecular weight excluding hydrogens is 346 g/mol. The number of pyridine rings is 1. The van der Waals surface area contributed by atoms with Crippen LogP contribution >= 0.6 is 0 Å². The number of nitrogens with zero attached hydrogens (tertiary/aromatic N) is 2. The summed E-state index contributed by atoms with van der Waals surface area (Å²) < 4.78 is 5.39. The summed E-state index contributed by atoms with van der Waals surface area (Å²) in [5.41, 5.74) is 1.53. The van der Waals surface area contributed by atoms with Crippen molar-refractivity contribution in [3.63, 3.8) is 0 Å². The number of carbonyl (C=O) groups excluding carboxylic acids is 3. The average Bonchev–Trinajstić information content (AvgIpc) is 2.91. The molecule has 0 saturated carbocycles. The van der Waals surface area contributed by atoms with E-state index in [0.717, 1.165) is 10.6 Å². The molecule has 3 rings (SSSR count). The summed E-state index contributed by atoms with van der Waals surface area (Å²) >= 11 is 0. The summed E-state index contributed by atoms with van der Waals surface area (Å²) in [7, 11) is 0. The molecule has 1 aliphatic rings. The van der Waals surface area contributed by atoms with E-state index in [9.17, 15) is 14.4 Å². The molecule has 0 aliphatic carbocycles. The highest BCUT2D eigenvalue weighted by Gasteiger charge is 2.36. The molecule has 7 heteroatoms. The Balaban J connectivity index is 1.43. The summed E-state index contributed by atoms with van der Waals surface area (Å²) in [6.45, 7) is 1.81. The van der Waals surface area contributed by atoms with E-state index < -0.39 is 17.7 Å². The third-order valence-electron chi connectivity index (χ3n) is 3.87. The van der Waals surface area contributed by atoms with Crippen molar-refractivity contribution >= 4 is 17.7 Å². The third-order valence-corrected chi connectivity index (χ3v) is 3.87. The Bertz CT molecular complexity index is 907. The minimum Gasteiger partial charge on any atom is -0.479 e. The molecule has 0 unspecified atom stereocenters. The van der Waals surface area contributed by atoms with E-state index in [1.165, 1.54) is 0 Å². The van der Waals surface area contributed by atoms with Crippen LogP contribution in [0.5, 0.6) is 5.75 Å². The van der Waals surface area contributed by atoms with Crippen LogP contribution in [-0.2, 0) is 4.79 Å². The number of benzene rings is 1. The fourth-order valence-electron chi connectivity index (χ4n) is 2.50. The second kappa shape index (κ2) is 8.15. The van der Waals surface area contributed by atoms with Crippen molar-refractivity contribution in [2.24, 2.45) is 0 Å².